The molecule has 0 radical (unpaired) electrons. The molecule has 0 unspecified atom stereocenters. The lowest BCUT2D eigenvalue weighted by molar-refractivity contribution is -0.384. The zero-order valence-corrected chi connectivity index (χ0v) is 12.3. The molecule has 2 aromatic carbocycles. The minimum Gasteiger partial charge on any atom is -0.478 e. The number of carboxylic acids is 1. The van der Waals surface area contributed by atoms with Gasteiger partial charge in [0.1, 0.15) is 0 Å². The summed E-state index contributed by atoms with van der Waals surface area (Å²) in [5.74, 6) is -1.03. The highest BCUT2D eigenvalue weighted by Gasteiger charge is 2.10. The van der Waals surface area contributed by atoms with Gasteiger partial charge in [-0.1, -0.05) is 28.1 Å². The SMILES string of the molecule is O=C(O)c1cc(Br)ccc1NCc1ccc([N+](=O)[O-])cc1. The van der Waals surface area contributed by atoms with Gasteiger partial charge in [0.05, 0.1) is 10.5 Å². The molecule has 0 aromatic heterocycles. The molecule has 0 saturated carbocycles. The van der Waals surface area contributed by atoms with E-state index in [1.807, 2.05) is 0 Å². The molecular weight excluding hydrogens is 340 g/mol. The summed E-state index contributed by atoms with van der Waals surface area (Å²) in [7, 11) is 0. The molecule has 0 heterocycles. The molecule has 0 aliphatic rings. The molecule has 0 fully saturated rings. The Morgan fingerprint density at radius 3 is 2.48 bits per heavy atom. The first-order valence-corrected chi connectivity index (χ1v) is 6.76. The molecule has 0 atom stereocenters. The average Bonchev–Trinajstić information content (AvgIpc) is 2.46. The van der Waals surface area contributed by atoms with Crippen LogP contribution in [0.15, 0.2) is 46.9 Å². The quantitative estimate of drug-likeness (QED) is 0.633. The molecule has 0 aliphatic heterocycles. The molecule has 0 aliphatic carbocycles. The Bertz CT molecular complexity index is 686. The topological polar surface area (TPSA) is 92.5 Å². The van der Waals surface area contributed by atoms with Gasteiger partial charge in [0, 0.05) is 28.8 Å². The van der Waals surface area contributed by atoms with E-state index in [1.54, 1.807) is 24.3 Å². The van der Waals surface area contributed by atoms with E-state index in [2.05, 4.69) is 21.2 Å². The van der Waals surface area contributed by atoms with Crippen molar-refractivity contribution in [2.24, 2.45) is 0 Å². The minimum atomic E-state index is -1.03. The summed E-state index contributed by atoms with van der Waals surface area (Å²) in [6.45, 7) is 0.375. The minimum absolute atomic E-state index is 0.0219. The Labute approximate surface area is 128 Å². The molecule has 108 valence electrons. The lowest BCUT2D eigenvalue weighted by Crippen LogP contribution is -2.06. The third-order valence-electron chi connectivity index (χ3n) is 2.84. The Kier molecular flexibility index (Phi) is 4.54. The van der Waals surface area contributed by atoms with E-state index in [1.165, 1.54) is 18.2 Å². The van der Waals surface area contributed by atoms with Crippen molar-refractivity contribution >= 4 is 33.3 Å². The van der Waals surface area contributed by atoms with E-state index in [0.29, 0.717) is 16.7 Å². The summed E-state index contributed by atoms with van der Waals surface area (Å²) in [5.41, 5.74) is 1.49. The molecule has 6 nitrogen and oxygen atoms in total. The first kappa shape index (κ1) is 15.0. The van der Waals surface area contributed by atoms with Crippen LogP contribution in [-0.4, -0.2) is 16.0 Å². The zero-order valence-electron chi connectivity index (χ0n) is 10.7. The van der Waals surface area contributed by atoms with Crippen LogP contribution in [0, 0.1) is 10.1 Å². The predicted octanol–water partition coefficient (Wildman–Crippen LogP) is 3.67. The van der Waals surface area contributed by atoms with Gasteiger partial charge in [0.25, 0.3) is 5.69 Å². The summed E-state index contributed by atoms with van der Waals surface area (Å²) < 4.78 is 0.681. The van der Waals surface area contributed by atoms with Gasteiger partial charge in [-0.2, -0.15) is 0 Å². The first-order chi connectivity index (χ1) is 9.97. The monoisotopic (exact) mass is 350 g/mol. The fourth-order valence-electron chi connectivity index (χ4n) is 1.78. The standard InChI is InChI=1S/C14H11BrN2O4/c15-10-3-6-13(12(7-10)14(18)19)16-8-9-1-4-11(5-2-9)17(20)21/h1-7,16H,8H2,(H,18,19). The fraction of sp³-hybridized carbons (Fsp3) is 0.0714. The second-order valence-corrected chi connectivity index (χ2v) is 5.19. The van der Waals surface area contributed by atoms with Crippen molar-refractivity contribution < 1.29 is 14.8 Å². The molecule has 0 spiro atoms. The number of nitro benzene ring substituents is 1. The van der Waals surface area contributed by atoms with Crippen molar-refractivity contribution in [1.82, 2.24) is 0 Å². The molecule has 21 heavy (non-hydrogen) atoms. The molecule has 0 bridgehead atoms. The van der Waals surface area contributed by atoms with Crippen molar-refractivity contribution in [1.29, 1.82) is 0 Å². The number of nitro groups is 1. The molecule has 0 amide bonds. The second kappa shape index (κ2) is 6.36. The molecule has 2 rings (SSSR count). The number of halogens is 1. The van der Waals surface area contributed by atoms with Crippen molar-refractivity contribution in [3.8, 4) is 0 Å². The van der Waals surface area contributed by atoms with Crippen LogP contribution in [0.25, 0.3) is 0 Å². The van der Waals surface area contributed by atoms with Gasteiger partial charge >= 0.3 is 5.97 Å². The van der Waals surface area contributed by atoms with Crippen molar-refractivity contribution in [2.75, 3.05) is 5.32 Å². The molecule has 0 saturated heterocycles. The van der Waals surface area contributed by atoms with E-state index >= 15 is 0 Å². The highest BCUT2D eigenvalue weighted by atomic mass is 79.9. The van der Waals surface area contributed by atoms with Crippen LogP contribution in [0.1, 0.15) is 15.9 Å². The summed E-state index contributed by atoms with van der Waals surface area (Å²) in [6.07, 6.45) is 0. The fourth-order valence-corrected chi connectivity index (χ4v) is 2.14. The number of benzene rings is 2. The number of non-ortho nitro benzene ring substituents is 1. The van der Waals surface area contributed by atoms with Crippen LogP contribution >= 0.6 is 15.9 Å². The lowest BCUT2D eigenvalue weighted by Gasteiger charge is -2.10. The van der Waals surface area contributed by atoms with Crippen molar-refractivity contribution in [3.63, 3.8) is 0 Å². The third kappa shape index (κ3) is 3.79. The Hall–Kier alpha value is -2.41. The van der Waals surface area contributed by atoms with Gasteiger partial charge in [-0.05, 0) is 23.8 Å². The normalized spacial score (nSPS) is 10.1. The number of rotatable bonds is 5. The van der Waals surface area contributed by atoms with Crippen LogP contribution in [0.4, 0.5) is 11.4 Å². The number of carboxylic acid groups (broad SMARTS) is 1. The Balaban J connectivity index is 2.13. The number of nitrogens with zero attached hydrogens (tertiary/aromatic N) is 1. The van der Waals surface area contributed by atoms with E-state index < -0.39 is 10.9 Å². The number of hydrogen-bond acceptors (Lipinski definition) is 4. The maximum atomic E-state index is 11.2. The van der Waals surface area contributed by atoms with Gasteiger partial charge in [-0.3, -0.25) is 10.1 Å². The Morgan fingerprint density at radius 2 is 1.90 bits per heavy atom. The first-order valence-electron chi connectivity index (χ1n) is 5.97. The maximum Gasteiger partial charge on any atom is 0.337 e. The van der Waals surface area contributed by atoms with Crippen molar-refractivity contribution in [3.05, 3.63) is 68.2 Å². The summed E-state index contributed by atoms with van der Waals surface area (Å²) in [6, 6.07) is 11.0. The van der Waals surface area contributed by atoms with E-state index in [0.717, 1.165) is 5.56 Å². The zero-order chi connectivity index (χ0) is 15.4. The van der Waals surface area contributed by atoms with Crippen LogP contribution in [-0.2, 0) is 6.54 Å². The smallest absolute Gasteiger partial charge is 0.337 e. The van der Waals surface area contributed by atoms with Crippen LogP contribution < -0.4 is 5.32 Å². The number of nitrogens with one attached hydrogen (secondary N) is 1. The largest absolute Gasteiger partial charge is 0.478 e. The van der Waals surface area contributed by atoms with E-state index in [-0.39, 0.29) is 11.3 Å². The summed E-state index contributed by atoms with van der Waals surface area (Å²) in [4.78, 5) is 21.3. The van der Waals surface area contributed by atoms with Gasteiger partial charge < -0.3 is 10.4 Å². The third-order valence-corrected chi connectivity index (χ3v) is 3.34. The second-order valence-electron chi connectivity index (χ2n) is 4.27. The van der Waals surface area contributed by atoms with Gasteiger partial charge in [-0.25, -0.2) is 4.79 Å². The number of hydrogen-bond donors (Lipinski definition) is 2. The van der Waals surface area contributed by atoms with E-state index in [4.69, 9.17) is 5.11 Å². The highest BCUT2D eigenvalue weighted by molar-refractivity contribution is 9.10. The number of carbonyl (C=O) groups is 1. The van der Waals surface area contributed by atoms with Gasteiger partial charge in [0.2, 0.25) is 0 Å². The predicted molar refractivity (Wildman–Crippen MR) is 81.5 cm³/mol. The maximum absolute atomic E-state index is 11.2. The molecule has 2 N–H and O–H groups in total. The van der Waals surface area contributed by atoms with E-state index in [9.17, 15) is 14.9 Å². The van der Waals surface area contributed by atoms with Crippen LogP contribution in [0.2, 0.25) is 0 Å². The molecular formula is C14H11BrN2O4. The van der Waals surface area contributed by atoms with Crippen LogP contribution in [0.3, 0.4) is 0 Å². The van der Waals surface area contributed by atoms with Gasteiger partial charge in [0.15, 0.2) is 0 Å². The number of anilines is 1. The van der Waals surface area contributed by atoms with Crippen LogP contribution in [0.5, 0.6) is 0 Å². The van der Waals surface area contributed by atoms with Gasteiger partial charge in [-0.15, -0.1) is 0 Å². The average molecular weight is 351 g/mol. The highest BCUT2D eigenvalue weighted by Crippen LogP contribution is 2.22. The summed E-state index contributed by atoms with van der Waals surface area (Å²) in [5, 5.41) is 22.7. The lowest BCUT2D eigenvalue weighted by atomic mass is 10.1. The molecule has 2 aromatic rings. The van der Waals surface area contributed by atoms with Crippen molar-refractivity contribution in [2.45, 2.75) is 6.54 Å². The molecule has 7 heteroatoms. The summed E-state index contributed by atoms with van der Waals surface area (Å²) >= 11 is 3.23. The number of aromatic carboxylic acids is 1. The Morgan fingerprint density at radius 1 is 1.24 bits per heavy atom.